The van der Waals surface area contributed by atoms with Crippen molar-refractivity contribution in [2.45, 2.75) is 13.8 Å². The first-order valence-electron chi connectivity index (χ1n) is 7.79. The van der Waals surface area contributed by atoms with Crippen molar-refractivity contribution in [1.29, 1.82) is 0 Å². The molecule has 1 heterocycles. The number of nitrogens with one attached hydrogen (secondary N) is 1. The van der Waals surface area contributed by atoms with Gasteiger partial charge in [-0.2, -0.15) is 0 Å². The summed E-state index contributed by atoms with van der Waals surface area (Å²) in [4.78, 5) is 36.2. The zero-order chi connectivity index (χ0) is 20.1. The zero-order valence-corrected chi connectivity index (χ0v) is 16.8. The number of carbonyl (C=O) groups excluding carboxylic acids is 3. The highest BCUT2D eigenvalue weighted by molar-refractivity contribution is 7.18. The van der Waals surface area contributed by atoms with Crippen LogP contribution in [0, 0.1) is 6.92 Å². The number of primary amides is 1. The number of carbonyl (C=O) groups is 3. The van der Waals surface area contributed by atoms with E-state index in [1.165, 1.54) is 12.2 Å². The molecular formula is C18H16Cl2N2O4S. The van der Waals surface area contributed by atoms with E-state index in [2.05, 4.69) is 5.32 Å². The number of ether oxygens (including phenoxy) is 1. The molecule has 0 radical (unpaired) electrons. The first-order chi connectivity index (χ1) is 12.8. The first-order valence-corrected chi connectivity index (χ1v) is 9.36. The Bertz CT molecular complexity index is 917. The van der Waals surface area contributed by atoms with Crippen LogP contribution in [-0.2, 0) is 9.53 Å². The molecule has 1 aromatic heterocycles. The van der Waals surface area contributed by atoms with Crippen molar-refractivity contribution in [1.82, 2.24) is 0 Å². The van der Waals surface area contributed by atoms with Crippen molar-refractivity contribution in [2.24, 2.45) is 5.73 Å². The van der Waals surface area contributed by atoms with Crippen molar-refractivity contribution < 1.29 is 19.1 Å². The Hall–Kier alpha value is -2.35. The molecule has 0 bridgehead atoms. The van der Waals surface area contributed by atoms with Gasteiger partial charge in [0.15, 0.2) is 0 Å². The van der Waals surface area contributed by atoms with Crippen LogP contribution in [0.2, 0.25) is 10.0 Å². The second-order valence-corrected chi connectivity index (χ2v) is 7.14. The van der Waals surface area contributed by atoms with Crippen molar-refractivity contribution >= 4 is 63.4 Å². The molecule has 0 saturated carbocycles. The van der Waals surface area contributed by atoms with Crippen LogP contribution in [0.3, 0.4) is 0 Å². The topological polar surface area (TPSA) is 98.5 Å². The third-order valence-corrected chi connectivity index (χ3v) is 5.37. The largest absolute Gasteiger partial charge is 0.462 e. The fraction of sp³-hybridized carbons (Fsp3) is 0.167. The summed E-state index contributed by atoms with van der Waals surface area (Å²) in [6.07, 6.45) is 2.68. The Morgan fingerprint density at radius 1 is 1.26 bits per heavy atom. The van der Waals surface area contributed by atoms with Gasteiger partial charge in [-0.3, -0.25) is 9.59 Å². The summed E-state index contributed by atoms with van der Waals surface area (Å²) in [5.41, 5.74) is 6.29. The van der Waals surface area contributed by atoms with Gasteiger partial charge >= 0.3 is 5.97 Å². The van der Waals surface area contributed by atoms with E-state index in [-0.39, 0.29) is 22.0 Å². The summed E-state index contributed by atoms with van der Waals surface area (Å²) in [7, 11) is 0. The van der Waals surface area contributed by atoms with Gasteiger partial charge in [0, 0.05) is 21.7 Å². The Labute approximate surface area is 169 Å². The Morgan fingerprint density at radius 3 is 2.44 bits per heavy atom. The highest BCUT2D eigenvalue weighted by Crippen LogP contribution is 2.33. The number of nitrogens with two attached hydrogens (primary N) is 1. The van der Waals surface area contributed by atoms with E-state index in [1.54, 1.807) is 32.0 Å². The zero-order valence-electron chi connectivity index (χ0n) is 14.5. The molecule has 2 amide bonds. The minimum absolute atomic E-state index is 0.105. The fourth-order valence-corrected chi connectivity index (χ4v) is 3.84. The van der Waals surface area contributed by atoms with Gasteiger partial charge in [0.1, 0.15) is 5.00 Å². The average molecular weight is 427 g/mol. The minimum Gasteiger partial charge on any atom is -0.462 e. The van der Waals surface area contributed by atoms with Crippen LogP contribution in [-0.4, -0.2) is 24.4 Å². The molecule has 0 aliphatic carbocycles. The number of hydrogen-bond acceptors (Lipinski definition) is 5. The molecule has 0 spiro atoms. The maximum absolute atomic E-state index is 12.3. The quantitative estimate of drug-likeness (QED) is 0.531. The Kier molecular flexibility index (Phi) is 7.01. The molecule has 0 saturated heterocycles. The van der Waals surface area contributed by atoms with Crippen molar-refractivity contribution in [3.63, 3.8) is 0 Å². The number of thiophene rings is 1. The lowest BCUT2D eigenvalue weighted by Gasteiger charge is -2.06. The maximum atomic E-state index is 12.3. The van der Waals surface area contributed by atoms with E-state index >= 15 is 0 Å². The van der Waals surface area contributed by atoms with Crippen molar-refractivity contribution in [2.75, 3.05) is 11.9 Å². The molecule has 0 aliphatic rings. The molecule has 1 aromatic carbocycles. The van der Waals surface area contributed by atoms with Gasteiger partial charge in [-0.05, 0) is 37.6 Å². The number of hydrogen-bond donors (Lipinski definition) is 2. The van der Waals surface area contributed by atoms with E-state index in [0.29, 0.717) is 21.2 Å². The third-order valence-electron chi connectivity index (χ3n) is 3.49. The standard InChI is InChI=1S/C18H16Cl2N2O4S/c1-3-26-18(25)14-9(2)15(16(21)24)27-17(14)22-13(23)8-7-10-11(19)5-4-6-12(10)20/h4-8H,3H2,1-2H3,(H2,21,24)(H,22,23)/b8-7+. The number of benzene rings is 1. The Morgan fingerprint density at radius 2 is 1.89 bits per heavy atom. The second-order valence-electron chi connectivity index (χ2n) is 5.30. The highest BCUT2D eigenvalue weighted by atomic mass is 35.5. The van der Waals surface area contributed by atoms with Gasteiger partial charge in [0.25, 0.3) is 5.91 Å². The predicted molar refractivity (Wildman–Crippen MR) is 108 cm³/mol. The van der Waals surface area contributed by atoms with Gasteiger partial charge in [0.2, 0.25) is 5.91 Å². The van der Waals surface area contributed by atoms with E-state index in [1.807, 2.05) is 0 Å². The van der Waals surface area contributed by atoms with E-state index in [4.69, 9.17) is 33.7 Å². The summed E-state index contributed by atoms with van der Waals surface area (Å²) in [5, 5.41) is 3.53. The molecule has 3 N–H and O–H groups in total. The SMILES string of the molecule is CCOC(=O)c1c(NC(=O)/C=C/c2c(Cl)cccc2Cl)sc(C(N)=O)c1C. The molecule has 0 fully saturated rings. The first kappa shape index (κ1) is 21.0. The van der Waals surface area contributed by atoms with Gasteiger partial charge in [-0.1, -0.05) is 29.3 Å². The number of rotatable bonds is 6. The molecule has 9 heteroatoms. The fourth-order valence-electron chi connectivity index (χ4n) is 2.27. The van der Waals surface area contributed by atoms with E-state index in [0.717, 1.165) is 11.3 Å². The van der Waals surface area contributed by atoms with Crippen LogP contribution in [0.4, 0.5) is 5.00 Å². The van der Waals surface area contributed by atoms with E-state index < -0.39 is 17.8 Å². The van der Waals surface area contributed by atoms with Crippen LogP contribution in [0.1, 0.15) is 38.1 Å². The number of anilines is 1. The molecule has 0 unspecified atom stereocenters. The molecule has 142 valence electrons. The van der Waals surface area contributed by atoms with Crippen molar-refractivity contribution in [3.8, 4) is 0 Å². The van der Waals surface area contributed by atoms with Crippen LogP contribution in [0.25, 0.3) is 6.08 Å². The normalized spacial score (nSPS) is 10.8. The number of halogens is 2. The molecular weight excluding hydrogens is 411 g/mol. The molecule has 27 heavy (non-hydrogen) atoms. The van der Waals surface area contributed by atoms with Gasteiger partial charge < -0.3 is 15.8 Å². The second kappa shape index (κ2) is 9.03. The van der Waals surface area contributed by atoms with Crippen molar-refractivity contribution in [3.05, 3.63) is 55.9 Å². The molecule has 2 aromatic rings. The number of amides is 2. The summed E-state index contributed by atoms with van der Waals surface area (Å²) in [5.74, 6) is -1.87. The van der Waals surface area contributed by atoms with Crippen LogP contribution in [0.15, 0.2) is 24.3 Å². The monoisotopic (exact) mass is 426 g/mol. The molecule has 6 nitrogen and oxygen atoms in total. The maximum Gasteiger partial charge on any atom is 0.341 e. The van der Waals surface area contributed by atoms with E-state index in [9.17, 15) is 14.4 Å². The summed E-state index contributed by atoms with van der Waals surface area (Å²) < 4.78 is 5.00. The lowest BCUT2D eigenvalue weighted by molar-refractivity contribution is -0.111. The van der Waals surface area contributed by atoms with Crippen LogP contribution in [0.5, 0.6) is 0 Å². The molecule has 2 rings (SSSR count). The number of esters is 1. The highest BCUT2D eigenvalue weighted by Gasteiger charge is 2.25. The summed E-state index contributed by atoms with van der Waals surface area (Å²) >= 11 is 13.0. The smallest absolute Gasteiger partial charge is 0.341 e. The molecule has 0 aliphatic heterocycles. The van der Waals surface area contributed by atoms with Crippen LogP contribution < -0.4 is 11.1 Å². The summed E-state index contributed by atoms with van der Waals surface area (Å²) in [6.45, 7) is 3.37. The lowest BCUT2D eigenvalue weighted by atomic mass is 10.1. The predicted octanol–water partition coefficient (Wildman–Crippen LogP) is 4.29. The summed E-state index contributed by atoms with van der Waals surface area (Å²) in [6, 6.07) is 4.98. The Balaban J connectivity index is 2.31. The van der Waals surface area contributed by atoms with Gasteiger partial charge in [-0.25, -0.2) is 4.79 Å². The third kappa shape index (κ3) is 4.88. The average Bonchev–Trinajstić information content (AvgIpc) is 2.91. The minimum atomic E-state index is -0.693. The lowest BCUT2D eigenvalue weighted by Crippen LogP contribution is -2.13. The molecule has 0 atom stereocenters. The van der Waals surface area contributed by atoms with Gasteiger partial charge in [0.05, 0.1) is 17.0 Å². The van der Waals surface area contributed by atoms with Gasteiger partial charge in [-0.15, -0.1) is 11.3 Å². The van der Waals surface area contributed by atoms with Crippen LogP contribution >= 0.6 is 34.5 Å².